The van der Waals surface area contributed by atoms with Crippen molar-refractivity contribution in [3.63, 3.8) is 0 Å². The molecule has 24 rings (SSSR count). The van der Waals surface area contributed by atoms with Gasteiger partial charge in [-0.3, -0.25) is 0 Å². The minimum Gasteiger partial charge on any atom is -0.383 e. The minimum atomic E-state index is 0.225. The SMILES string of the molecule is NC[C@H]1CCCN1c1cc(N)n2ncc(Br)c2n1.Nc1cc(N2CC(N)C2)nc2c(Br)cnn12.Nc1cc(N2CCC(N)CC2)nc2c(Br)cnn12.Nc1cc(N2CCCNCC2)nc2c(Br)cnn12.Nc1cc(N2CC[C@@H](N)C2)nc2c(Br)cnn12.Nc1cc(NC2CCC(N)CC2)nc2c(Br)cnn12.Nc1cc(NC2CCC(N)CC2)nc2c(Br)cnn12.Nc1cc(NC[C@H]2CCCN2)nc2c(Br)cnn12. The molecule has 0 aromatic carbocycles. The Morgan fingerprint density at radius 1 is 0.294 bits per heavy atom. The maximum absolute atomic E-state index is 6.01. The van der Waals surface area contributed by atoms with Crippen molar-refractivity contribution in [1.82, 2.24) is 127 Å². The highest BCUT2D eigenvalue weighted by molar-refractivity contribution is 9.11. The van der Waals surface area contributed by atoms with E-state index in [0.717, 1.165) is 302 Å². The number of aromatic nitrogens is 24. The fourth-order valence-corrected chi connectivity index (χ4v) is 20.8. The first kappa shape index (κ1) is 104. The third-order valence-corrected chi connectivity index (χ3v) is 30.3. The first-order valence-corrected chi connectivity index (χ1v) is 53.6. The molecule has 762 valence electrons. The molecule has 0 amide bonds. The molecule has 8 fully saturated rings. The van der Waals surface area contributed by atoms with Crippen LogP contribution in [-0.2, 0) is 0 Å². The minimum absolute atomic E-state index is 0.225. The van der Waals surface area contributed by atoms with Crippen molar-refractivity contribution in [2.45, 2.75) is 157 Å². The summed E-state index contributed by atoms with van der Waals surface area (Å²) in [5.41, 5.74) is 88.9. The number of rotatable bonds is 13. The van der Waals surface area contributed by atoms with Gasteiger partial charge in [0.05, 0.1) is 85.4 Å². The van der Waals surface area contributed by atoms with E-state index in [1.165, 1.54) is 12.8 Å². The molecule has 3 atom stereocenters. The number of halogens is 8. The van der Waals surface area contributed by atoms with E-state index in [1.807, 2.05) is 42.5 Å². The van der Waals surface area contributed by atoms with Crippen LogP contribution >= 0.6 is 127 Å². The second-order valence-corrected chi connectivity index (χ2v) is 43.0. The third kappa shape index (κ3) is 24.8. The van der Waals surface area contributed by atoms with Crippen molar-refractivity contribution in [3.8, 4) is 0 Å². The maximum atomic E-state index is 6.01. The van der Waals surface area contributed by atoms with Crippen LogP contribution in [0.4, 0.5) is 93.1 Å². The van der Waals surface area contributed by atoms with Crippen molar-refractivity contribution in [1.29, 1.82) is 0 Å². The van der Waals surface area contributed by atoms with Crippen LogP contribution in [0.3, 0.4) is 0 Å². The molecule has 22 heterocycles. The summed E-state index contributed by atoms with van der Waals surface area (Å²) in [7, 11) is 0. The number of nitrogens with one attached hydrogen (secondary N) is 5. The number of hydrogen-bond acceptors (Lipinski definition) is 40. The molecule has 0 spiro atoms. The summed E-state index contributed by atoms with van der Waals surface area (Å²) in [6.07, 6.45) is 31.0. The van der Waals surface area contributed by atoms with Crippen LogP contribution in [0.2, 0.25) is 0 Å². The molecule has 16 aromatic heterocycles. The number of hydrogen-bond donors (Lipinski definition) is 19. The number of nitrogens with two attached hydrogens (primary N) is 14. The van der Waals surface area contributed by atoms with Gasteiger partial charge in [-0.1, -0.05) is 0 Å². The van der Waals surface area contributed by atoms with Crippen LogP contribution in [0.1, 0.15) is 103 Å². The Balaban J connectivity index is 0.000000112. The normalized spacial score (nSPS) is 19.9. The van der Waals surface area contributed by atoms with Gasteiger partial charge in [-0.15, -0.1) is 0 Å². The van der Waals surface area contributed by atoms with Gasteiger partial charge in [0.25, 0.3) is 0 Å². The van der Waals surface area contributed by atoms with E-state index in [0.29, 0.717) is 95.4 Å². The van der Waals surface area contributed by atoms with Crippen molar-refractivity contribution in [2.24, 2.45) is 34.4 Å². The lowest BCUT2D eigenvalue weighted by molar-refractivity contribution is 0.410. The van der Waals surface area contributed by atoms with E-state index >= 15 is 0 Å². The molecule has 0 unspecified atom stereocenters. The highest BCUT2D eigenvalue weighted by atomic mass is 79.9. The largest absolute Gasteiger partial charge is 0.383 e. The fraction of sp³-hybridized carbons (Fsp3) is 0.448. The Labute approximate surface area is 889 Å². The zero-order chi connectivity index (χ0) is 101. The van der Waals surface area contributed by atoms with Crippen molar-refractivity contribution in [2.75, 3.05) is 178 Å². The molecule has 16 aromatic rings. The van der Waals surface area contributed by atoms with Gasteiger partial charge >= 0.3 is 0 Å². The predicted molar refractivity (Wildman–Crippen MR) is 592 cm³/mol. The molecular weight excluding hydrogens is 2360 g/mol. The van der Waals surface area contributed by atoms with E-state index in [4.69, 9.17) is 80.3 Å². The second kappa shape index (κ2) is 46.8. The standard InChI is InChI=1S/2C12H17BrN6.4C11H15BrN6.C10H13BrN6.C9H11BrN6/c2*13-9-6-16-19-10(15)5-11(18-12(9)19)17-8-3-1-7(14)2-4-8;12-8-6-15-18-9(14)5-10(16-11(8)18)17-3-1-7(13)2-4-17;12-8-7-15-18-9(13)6-10(16-11(8)18)17-4-1-2-14-3-5-17;12-8-6-16-18-9(13)4-10(17-11(8)18)15-5-7-2-1-3-14-7;12-8-6-15-18-9(14)4-10(16-11(8)18)17-3-1-2-7(17)5-13;11-7-4-14-17-8(13)3-9(15-10(7)17)16-2-1-6(12)5-16;10-6-2-13-16-7(12)1-8(14-9(6)16)15-3-5(11)4-15/h2*5-8H,1-4,14-15H2,(H,17,18);5-7H,1-4,13-14H2;6-7,14H,1-5,13H2;4,6-7,14H,1-3,5,13H2,(H,15,17);4,6-7H,1-3,5,13-14H2;3-4,6H,1-2,5,12-13H2;1-2,5H,3-4,11-12H2/t;;;;2*7-;6-;/m....111./s1. The lowest BCUT2D eigenvalue weighted by Crippen LogP contribution is -2.56. The molecule has 48 nitrogen and oxygen atoms in total. The van der Waals surface area contributed by atoms with Gasteiger partial charge in [0.15, 0.2) is 45.2 Å². The summed E-state index contributed by atoms with van der Waals surface area (Å²) < 4.78 is 19.7. The van der Waals surface area contributed by atoms with E-state index in [2.05, 4.69) is 259 Å². The summed E-state index contributed by atoms with van der Waals surface area (Å²) in [4.78, 5) is 47.4. The first-order valence-electron chi connectivity index (χ1n) is 47.2. The lowest BCUT2D eigenvalue weighted by Gasteiger charge is -2.37. The van der Waals surface area contributed by atoms with Gasteiger partial charge in [-0.05, 0) is 243 Å². The summed E-state index contributed by atoms with van der Waals surface area (Å²) in [6.45, 7) is 12.9. The van der Waals surface area contributed by atoms with E-state index in [9.17, 15) is 0 Å². The molecule has 6 saturated heterocycles. The number of nitrogen functional groups attached to an aromatic ring is 8. The number of piperidine rings is 1. The Morgan fingerprint density at radius 3 is 0.986 bits per heavy atom. The smallest absolute Gasteiger partial charge is 0.173 e. The third-order valence-electron chi connectivity index (χ3n) is 25.8. The zero-order valence-corrected chi connectivity index (χ0v) is 90.9. The van der Waals surface area contributed by atoms with Crippen molar-refractivity contribution < 1.29 is 0 Å². The van der Waals surface area contributed by atoms with Crippen LogP contribution in [0.15, 0.2) is 134 Å². The Bertz CT molecular complexity index is 6930. The number of nitrogens with zero attached hydrogens (tertiary/aromatic N) is 29. The summed E-state index contributed by atoms with van der Waals surface area (Å²) >= 11 is 27.4. The molecule has 56 heteroatoms. The summed E-state index contributed by atoms with van der Waals surface area (Å²) in [5.74, 6) is 11.5. The van der Waals surface area contributed by atoms with Crippen LogP contribution < -0.4 is 131 Å². The lowest BCUT2D eigenvalue weighted by atomic mass is 9.92. The quantitative estimate of drug-likeness (QED) is 0.0514. The first-order chi connectivity index (χ1) is 68.9. The molecule has 33 N–H and O–H groups in total. The van der Waals surface area contributed by atoms with Gasteiger partial charge in [-0.2, -0.15) is 76.9 Å². The van der Waals surface area contributed by atoms with E-state index in [-0.39, 0.29) is 12.1 Å². The van der Waals surface area contributed by atoms with Crippen LogP contribution in [0.25, 0.3) is 45.2 Å². The molecule has 8 aliphatic rings. The molecule has 2 saturated carbocycles. The number of anilines is 16. The second-order valence-electron chi connectivity index (χ2n) is 36.2. The van der Waals surface area contributed by atoms with Gasteiger partial charge in [-0.25, -0.2) is 39.9 Å². The van der Waals surface area contributed by atoms with Gasteiger partial charge in [0, 0.05) is 181 Å². The average Bonchev–Trinajstić information content (AvgIpc) is 1.56. The Hall–Kier alpha value is -10.7. The Morgan fingerprint density at radius 2 is 0.615 bits per heavy atom. The Kier molecular flexibility index (Phi) is 33.9. The molecule has 2 aliphatic carbocycles. The molecule has 0 bridgehead atoms. The maximum Gasteiger partial charge on any atom is 0.173 e. The van der Waals surface area contributed by atoms with Crippen LogP contribution in [0.5, 0.6) is 0 Å². The highest BCUT2D eigenvalue weighted by Gasteiger charge is 2.31. The topological polar surface area (TPSA) is 682 Å². The highest BCUT2D eigenvalue weighted by Crippen LogP contribution is 2.35. The van der Waals surface area contributed by atoms with Gasteiger partial charge < -0.3 is 131 Å². The summed E-state index contributed by atoms with van der Waals surface area (Å²) in [6, 6.07) is 17.9. The fourth-order valence-electron chi connectivity index (χ4n) is 18.0. The zero-order valence-electron chi connectivity index (χ0n) is 78.2. The van der Waals surface area contributed by atoms with Gasteiger partial charge in [0.1, 0.15) is 93.1 Å². The average molecular weight is 2480 g/mol. The van der Waals surface area contributed by atoms with Crippen molar-refractivity contribution >= 4 is 266 Å². The number of fused-ring (bicyclic) bond motifs is 8. The van der Waals surface area contributed by atoms with Gasteiger partial charge in [0.2, 0.25) is 0 Å². The summed E-state index contributed by atoms with van der Waals surface area (Å²) in [5, 5.41) is 50.2. The van der Waals surface area contributed by atoms with Crippen LogP contribution in [-0.4, -0.2) is 263 Å². The molecule has 0 radical (unpaired) electrons. The molecular formula is C87H118Br8N48. The molecule has 143 heavy (non-hydrogen) atoms. The van der Waals surface area contributed by atoms with E-state index < -0.39 is 0 Å². The van der Waals surface area contributed by atoms with E-state index in [1.54, 1.807) is 91.8 Å². The predicted octanol–water partition coefficient (Wildman–Crippen LogP) is 8.46. The molecule has 6 aliphatic heterocycles. The van der Waals surface area contributed by atoms with Crippen LogP contribution in [0, 0.1) is 0 Å². The van der Waals surface area contributed by atoms with Crippen molar-refractivity contribution in [3.05, 3.63) is 134 Å². The monoisotopic (exact) mass is 2470 g/mol.